The van der Waals surface area contributed by atoms with Gasteiger partial charge in [-0.05, 0) is 36.4 Å². The largest absolute Gasteiger partial charge is 0.261 e. The SMILES string of the molecule is Clc1ccc(-c2n[nH]c(Cn3nnc4ccccc43)n2)cc1. The second-order valence-corrected chi connectivity index (χ2v) is 5.28. The summed E-state index contributed by atoms with van der Waals surface area (Å²) in [7, 11) is 0. The minimum Gasteiger partial charge on any atom is -0.261 e. The summed E-state index contributed by atoms with van der Waals surface area (Å²) < 4.78 is 1.79. The van der Waals surface area contributed by atoms with Crippen molar-refractivity contribution in [3.05, 3.63) is 59.4 Å². The molecular weight excluding hydrogens is 300 g/mol. The van der Waals surface area contributed by atoms with Crippen molar-refractivity contribution in [2.75, 3.05) is 0 Å². The molecule has 0 saturated heterocycles. The molecule has 2 aromatic carbocycles. The Labute approximate surface area is 130 Å². The Morgan fingerprint density at radius 1 is 1.05 bits per heavy atom. The van der Waals surface area contributed by atoms with Crippen molar-refractivity contribution in [3.63, 3.8) is 0 Å². The van der Waals surface area contributed by atoms with Gasteiger partial charge >= 0.3 is 0 Å². The van der Waals surface area contributed by atoms with Crippen LogP contribution in [0.3, 0.4) is 0 Å². The summed E-state index contributed by atoms with van der Waals surface area (Å²) in [5.41, 5.74) is 2.74. The van der Waals surface area contributed by atoms with Crippen molar-refractivity contribution in [1.82, 2.24) is 30.2 Å². The van der Waals surface area contributed by atoms with Crippen LogP contribution in [0, 0.1) is 0 Å². The molecule has 0 aliphatic heterocycles. The van der Waals surface area contributed by atoms with Gasteiger partial charge in [0.25, 0.3) is 0 Å². The molecule has 6 nitrogen and oxygen atoms in total. The fourth-order valence-corrected chi connectivity index (χ4v) is 2.40. The monoisotopic (exact) mass is 310 g/mol. The van der Waals surface area contributed by atoms with E-state index in [0.717, 1.165) is 22.4 Å². The second kappa shape index (κ2) is 5.23. The fraction of sp³-hybridized carbons (Fsp3) is 0.0667. The molecule has 0 atom stereocenters. The van der Waals surface area contributed by atoms with Crippen LogP contribution in [0.2, 0.25) is 5.02 Å². The molecule has 0 fully saturated rings. The van der Waals surface area contributed by atoms with Gasteiger partial charge < -0.3 is 0 Å². The third-order valence-corrected chi connectivity index (χ3v) is 3.61. The van der Waals surface area contributed by atoms with Crippen LogP contribution in [0.15, 0.2) is 48.5 Å². The first-order valence-electron chi connectivity index (χ1n) is 6.75. The highest BCUT2D eigenvalue weighted by Gasteiger charge is 2.09. The summed E-state index contributed by atoms with van der Waals surface area (Å²) in [5.74, 6) is 1.36. The predicted molar refractivity (Wildman–Crippen MR) is 83.5 cm³/mol. The smallest absolute Gasteiger partial charge is 0.181 e. The molecule has 0 bridgehead atoms. The zero-order valence-electron chi connectivity index (χ0n) is 11.4. The number of aromatic nitrogens is 6. The Hall–Kier alpha value is -2.73. The summed E-state index contributed by atoms with van der Waals surface area (Å²) in [5, 5.41) is 16.1. The average molecular weight is 311 g/mol. The molecule has 1 N–H and O–H groups in total. The number of hydrogen-bond acceptors (Lipinski definition) is 4. The lowest BCUT2D eigenvalue weighted by Crippen LogP contribution is -2.03. The number of H-pyrrole nitrogens is 1. The Morgan fingerprint density at radius 3 is 2.73 bits per heavy atom. The maximum atomic E-state index is 5.89. The van der Waals surface area contributed by atoms with Crippen LogP contribution < -0.4 is 0 Å². The summed E-state index contributed by atoms with van der Waals surface area (Å²) in [6, 6.07) is 15.2. The number of rotatable bonds is 3. The van der Waals surface area contributed by atoms with Gasteiger partial charge in [0.1, 0.15) is 17.9 Å². The molecule has 108 valence electrons. The van der Waals surface area contributed by atoms with E-state index in [4.69, 9.17) is 11.6 Å². The third kappa shape index (κ3) is 2.33. The van der Waals surface area contributed by atoms with Crippen molar-refractivity contribution < 1.29 is 0 Å². The highest BCUT2D eigenvalue weighted by atomic mass is 35.5. The Kier molecular flexibility index (Phi) is 3.08. The minimum atomic E-state index is 0.487. The van der Waals surface area contributed by atoms with E-state index in [0.29, 0.717) is 17.4 Å². The number of nitrogens with one attached hydrogen (secondary N) is 1. The van der Waals surface area contributed by atoms with E-state index in [1.807, 2.05) is 48.5 Å². The number of benzene rings is 2. The van der Waals surface area contributed by atoms with E-state index in [2.05, 4.69) is 25.5 Å². The molecule has 0 unspecified atom stereocenters. The van der Waals surface area contributed by atoms with Gasteiger partial charge in [0, 0.05) is 10.6 Å². The van der Waals surface area contributed by atoms with Crippen molar-refractivity contribution in [1.29, 1.82) is 0 Å². The molecule has 0 aliphatic rings. The molecule has 0 radical (unpaired) electrons. The number of fused-ring (bicyclic) bond motifs is 1. The topological polar surface area (TPSA) is 72.3 Å². The van der Waals surface area contributed by atoms with Crippen molar-refractivity contribution in [2.24, 2.45) is 0 Å². The molecule has 4 aromatic rings. The van der Waals surface area contributed by atoms with Crippen LogP contribution in [0.4, 0.5) is 0 Å². The maximum Gasteiger partial charge on any atom is 0.181 e. The van der Waals surface area contributed by atoms with Crippen LogP contribution in [-0.4, -0.2) is 30.2 Å². The van der Waals surface area contributed by atoms with Crippen LogP contribution in [-0.2, 0) is 6.54 Å². The Bertz CT molecular complexity index is 925. The number of halogens is 1. The van der Waals surface area contributed by atoms with Gasteiger partial charge in [-0.3, -0.25) is 5.10 Å². The lowest BCUT2D eigenvalue weighted by Gasteiger charge is -1.98. The minimum absolute atomic E-state index is 0.487. The predicted octanol–water partition coefficient (Wildman–Crippen LogP) is 2.92. The van der Waals surface area contributed by atoms with Crippen LogP contribution in [0.25, 0.3) is 22.4 Å². The Morgan fingerprint density at radius 2 is 1.86 bits per heavy atom. The Balaban J connectivity index is 1.63. The van der Waals surface area contributed by atoms with Gasteiger partial charge in [0.2, 0.25) is 0 Å². The first-order chi connectivity index (χ1) is 10.8. The molecule has 0 saturated carbocycles. The summed E-state index contributed by atoms with van der Waals surface area (Å²) in [6.45, 7) is 0.487. The molecule has 7 heteroatoms. The highest BCUT2D eigenvalue weighted by Crippen LogP contribution is 2.18. The molecule has 0 aliphatic carbocycles. The van der Waals surface area contributed by atoms with Gasteiger partial charge in [0.15, 0.2) is 5.82 Å². The first kappa shape index (κ1) is 13.0. The van der Waals surface area contributed by atoms with Gasteiger partial charge in [-0.1, -0.05) is 28.9 Å². The van der Waals surface area contributed by atoms with Gasteiger partial charge in [-0.15, -0.1) is 5.10 Å². The van der Waals surface area contributed by atoms with E-state index in [1.54, 1.807) is 4.68 Å². The maximum absolute atomic E-state index is 5.89. The van der Waals surface area contributed by atoms with Crippen molar-refractivity contribution in [3.8, 4) is 11.4 Å². The number of para-hydroxylation sites is 1. The molecular formula is C15H11ClN6. The molecule has 2 aromatic heterocycles. The van der Waals surface area contributed by atoms with Gasteiger partial charge in [-0.2, -0.15) is 5.10 Å². The molecule has 2 heterocycles. The standard InChI is InChI=1S/C15H11ClN6/c16-11-7-5-10(6-8-11)15-17-14(19-20-15)9-22-13-4-2-1-3-12(13)18-21-22/h1-8H,9H2,(H,17,19,20). The zero-order chi connectivity index (χ0) is 14.9. The number of aromatic amines is 1. The summed E-state index contributed by atoms with van der Waals surface area (Å²) >= 11 is 5.89. The normalized spacial score (nSPS) is 11.1. The molecule has 0 amide bonds. The summed E-state index contributed by atoms with van der Waals surface area (Å²) in [6.07, 6.45) is 0. The van der Waals surface area contributed by atoms with Crippen LogP contribution >= 0.6 is 11.6 Å². The van der Waals surface area contributed by atoms with Crippen molar-refractivity contribution in [2.45, 2.75) is 6.54 Å². The summed E-state index contributed by atoms with van der Waals surface area (Å²) in [4.78, 5) is 4.49. The lowest BCUT2D eigenvalue weighted by molar-refractivity contribution is 0.645. The van der Waals surface area contributed by atoms with Crippen LogP contribution in [0.5, 0.6) is 0 Å². The van der Waals surface area contributed by atoms with Crippen LogP contribution in [0.1, 0.15) is 5.82 Å². The molecule has 0 spiro atoms. The van der Waals surface area contributed by atoms with E-state index in [9.17, 15) is 0 Å². The van der Waals surface area contributed by atoms with E-state index in [1.165, 1.54) is 0 Å². The zero-order valence-corrected chi connectivity index (χ0v) is 12.2. The van der Waals surface area contributed by atoms with E-state index >= 15 is 0 Å². The molecule has 22 heavy (non-hydrogen) atoms. The quantitative estimate of drug-likeness (QED) is 0.631. The van der Waals surface area contributed by atoms with Gasteiger partial charge in [0.05, 0.1) is 5.52 Å². The third-order valence-electron chi connectivity index (χ3n) is 3.35. The lowest BCUT2D eigenvalue weighted by atomic mass is 10.2. The molecule has 4 rings (SSSR count). The second-order valence-electron chi connectivity index (χ2n) is 4.85. The van der Waals surface area contributed by atoms with E-state index < -0.39 is 0 Å². The highest BCUT2D eigenvalue weighted by molar-refractivity contribution is 6.30. The fourth-order valence-electron chi connectivity index (χ4n) is 2.27. The number of hydrogen-bond donors (Lipinski definition) is 1. The first-order valence-corrected chi connectivity index (χ1v) is 7.13. The van der Waals surface area contributed by atoms with E-state index in [-0.39, 0.29) is 0 Å². The van der Waals surface area contributed by atoms with Crippen molar-refractivity contribution >= 4 is 22.6 Å². The van der Waals surface area contributed by atoms with Gasteiger partial charge in [-0.25, -0.2) is 9.67 Å². The number of nitrogens with zero attached hydrogens (tertiary/aromatic N) is 5. The average Bonchev–Trinajstić information content (AvgIpc) is 3.16.